The van der Waals surface area contributed by atoms with E-state index in [9.17, 15) is 9.46 Å². The van der Waals surface area contributed by atoms with Gasteiger partial charge < -0.3 is 24.5 Å². The van der Waals surface area contributed by atoms with Crippen LogP contribution in [0.5, 0.6) is 0 Å². The zero-order valence-electron chi connectivity index (χ0n) is 14.2. The highest BCUT2D eigenvalue weighted by Crippen LogP contribution is 2.43. The molecular weight excluding hydrogens is 357 g/mol. The van der Waals surface area contributed by atoms with E-state index in [1.807, 2.05) is 30.3 Å². The first-order valence-electron chi connectivity index (χ1n) is 7.98. The summed E-state index contributed by atoms with van der Waals surface area (Å²) in [5.41, 5.74) is 7.67. The first kappa shape index (κ1) is 18.5. The number of benzene rings is 1. The van der Waals surface area contributed by atoms with Crippen LogP contribution in [-0.2, 0) is 27.0 Å². The Bertz CT molecular complexity index is 917. The number of hydrogen-bond acceptors (Lipinski definition) is 7. The number of anilines is 1. The zero-order valence-corrected chi connectivity index (χ0v) is 15.1. The minimum Gasteiger partial charge on any atom is -0.382 e. The van der Waals surface area contributed by atoms with E-state index in [-0.39, 0.29) is 12.7 Å². The molecule has 3 aromatic rings. The Labute approximate surface area is 150 Å². The molecule has 0 aliphatic carbocycles. The van der Waals surface area contributed by atoms with Crippen LogP contribution in [0.4, 0.5) is 5.82 Å². The Balaban J connectivity index is 1.53. The minimum atomic E-state index is -3.85. The molecule has 10 heteroatoms. The summed E-state index contributed by atoms with van der Waals surface area (Å²) in [6, 6.07) is 9.18. The minimum absolute atomic E-state index is 0.0503. The van der Waals surface area contributed by atoms with Gasteiger partial charge in [-0.3, -0.25) is 4.57 Å². The van der Waals surface area contributed by atoms with Crippen molar-refractivity contribution in [3.8, 4) is 0 Å². The number of nitrogens with zero attached hydrogens (tertiary/aromatic N) is 4. The molecule has 0 radical (unpaired) electrons. The monoisotopic (exact) mass is 377 g/mol. The Morgan fingerprint density at radius 3 is 2.81 bits per heavy atom. The van der Waals surface area contributed by atoms with Crippen LogP contribution in [0.2, 0.25) is 0 Å². The molecule has 3 N–H and O–H groups in total. The van der Waals surface area contributed by atoms with E-state index in [1.165, 1.54) is 6.33 Å². The van der Waals surface area contributed by atoms with Crippen molar-refractivity contribution in [3.05, 3.63) is 48.5 Å². The maximum Gasteiger partial charge on any atom is 0.353 e. The predicted molar refractivity (Wildman–Crippen MR) is 96.2 cm³/mol. The highest BCUT2D eigenvalue weighted by Gasteiger charge is 2.22. The Morgan fingerprint density at radius 2 is 2.04 bits per heavy atom. The second kappa shape index (κ2) is 7.92. The van der Waals surface area contributed by atoms with E-state index in [4.69, 9.17) is 15.0 Å². The summed E-state index contributed by atoms with van der Waals surface area (Å²) < 4.78 is 24.5. The van der Waals surface area contributed by atoms with Crippen LogP contribution in [0, 0.1) is 0 Å². The van der Waals surface area contributed by atoms with E-state index >= 15 is 0 Å². The van der Waals surface area contributed by atoms with E-state index in [0.717, 1.165) is 5.56 Å². The van der Waals surface area contributed by atoms with Gasteiger partial charge in [0, 0.05) is 0 Å². The van der Waals surface area contributed by atoms with Crippen molar-refractivity contribution in [2.75, 3.05) is 12.1 Å². The third-order valence-corrected chi connectivity index (χ3v) is 4.69. The lowest BCUT2D eigenvalue weighted by Crippen LogP contribution is -2.17. The smallest absolute Gasteiger partial charge is 0.353 e. The molecular formula is C16H20N5O4P. The van der Waals surface area contributed by atoms with Crippen LogP contribution < -0.4 is 5.73 Å². The van der Waals surface area contributed by atoms with Gasteiger partial charge in [-0.15, -0.1) is 0 Å². The van der Waals surface area contributed by atoms with Crippen LogP contribution >= 0.6 is 7.60 Å². The van der Waals surface area contributed by atoms with Gasteiger partial charge in [0.15, 0.2) is 11.5 Å². The quantitative estimate of drug-likeness (QED) is 0.572. The van der Waals surface area contributed by atoms with Gasteiger partial charge >= 0.3 is 7.60 Å². The molecule has 0 spiro atoms. The van der Waals surface area contributed by atoms with Gasteiger partial charge in [-0.25, -0.2) is 15.0 Å². The number of ether oxygens (including phenoxy) is 1. The van der Waals surface area contributed by atoms with Gasteiger partial charge in [-0.05, 0) is 12.5 Å². The first-order chi connectivity index (χ1) is 12.4. The number of aromatic nitrogens is 4. The van der Waals surface area contributed by atoms with Crippen molar-refractivity contribution in [3.63, 3.8) is 0 Å². The number of nitrogens with two attached hydrogens (primary N) is 1. The number of rotatable bonds is 8. The van der Waals surface area contributed by atoms with Crippen LogP contribution in [0.15, 0.2) is 43.0 Å². The fourth-order valence-electron chi connectivity index (χ4n) is 2.37. The molecule has 0 saturated heterocycles. The largest absolute Gasteiger partial charge is 0.382 e. The van der Waals surface area contributed by atoms with Crippen LogP contribution in [0.3, 0.4) is 0 Å². The lowest BCUT2D eigenvalue weighted by atomic mass is 10.2. The van der Waals surface area contributed by atoms with Crippen molar-refractivity contribution in [2.45, 2.75) is 26.2 Å². The standard InChI is InChI=1S/C16H20N5O4P/c1-12(7-21-10-20-14-15(17)18-9-19-16(14)21)24-11-26(22,23)25-8-13-5-3-2-4-6-13/h2-6,9-10,12H,7-8,11H2,1H3,(H,22,23)(H2,17,18,19)/t12-/m1/s1. The molecule has 2 aromatic heterocycles. The normalized spacial score (nSPS) is 15.0. The molecule has 0 amide bonds. The molecule has 0 aliphatic heterocycles. The van der Waals surface area contributed by atoms with Gasteiger partial charge in [-0.2, -0.15) is 0 Å². The first-order valence-corrected chi connectivity index (χ1v) is 9.74. The third kappa shape index (κ3) is 4.64. The van der Waals surface area contributed by atoms with Gasteiger partial charge in [0.1, 0.15) is 18.2 Å². The Kier molecular flexibility index (Phi) is 5.63. The maximum atomic E-state index is 12.1. The highest BCUT2D eigenvalue weighted by molar-refractivity contribution is 7.52. The van der Waals surface area contributed by atoms with Gasteiger partial charge in [0.25, 0.3) is 0 Å². The van der Waals surface area contributed by atoms with E-state index in [0.29, 0.717) is 23.5 Å². The molecule has 2 atom stereocenters. The summed E-state index contributed by atoms with van der Waals surface area (Å²) in [6.07, 6.45) is 2.19. The average molecular weight is 377 g/mol. The molecule has 0 fully saturated rings. The number of nitrogen functional groups attached to an aromatic ring is 1. The van der Waals surface area contributed by atoms with E-state index in [2.05, 4.69) is 15.0 Å². The molecule has 9 nitrogen and oxygen atoms in total. The summed E-state index contributed by atoms with van der Waals surface area (Å²) in [4.78, 5) is 22.1. The second-order valence-electron chi connectivity index (χ2n) is 5.83. The van der Waals surface area contributed by atoms with Gasteiger partial charge in [-0.1, -0.05) is 30.3 Å². The molecule has 3 rings (SSSR count). The van der Waals surface area contributed by atoms with Gasteiger partial charge in [0.2, 0.25) is 0 Å². The third-order valence-electron chi connectivity index (χ3n) is 3.68. The Morgan fingerprint density at radius 1 is 1.27 bits per heavy atom. The molecule has 2 heterocycles. The van der Waals surface area contributed by atoms with E-state index < -0.39 is 13.9 Å². The summed E-state index contributed by atoms with van der Waals surface area (Å²) in [5, 5.41) is 0. The summed E-state index contributed by atoms with van der Waals surface area (Å²) in [7, 11) is -3.85. The number of fused-ring (bicyclic) bond motifs is 1. The lowest BCUT2D eigenvalue weighted by Gasteiger charge is -2.17. The summed E-state index contributed by atoms with van der Waals surface area (Å²) >= 11 is 0. The zero-order chi connectivity index (χ0) is 18.6. The van der Waals surface area contributed by atoms with Crippen LogP contribution in [0.25, 0.3) is 11.2 Å². The summed E-state index contributed by atoms with van der Waals surface area (Å²) in [5.74, 6) is 0.302. The molecule has 1 unspecified atom stereocenters. The van der Waals surface area contributed by atoms with Crippen molar-refractivity contribution in [1.82, 2.24) is 19.5 Å². The second-order valence-corrected chi connectivity index (χ2v) is 7.62. The van der Waals surface area contributed by atoms with Crippen LogP contribution in [0.1, 0.15) is 12.5 Å². The van der Waals surface area contributed by atoms with Gasteiger partial charge in [0.05, 0.1) is 25.6 Å². The topological polar surface area (TPSA) is 125 Å². The molecule has 0 bridgehead atoms. The average Bonchev–Trinajstić information content (AvgIpc) is 3.04. The molecule has 1 aromatic carbocycles. The summed E-state index contributed by atoms with van der Waals surface area (Å²) in [6.45, 7) is 2.23. The molecule has 138 valence electrons. The van der Waals surface area contributed by atoms with Crippen molar-refractivity contribution < 1.29 is 18.7 Å². The fourth-order valence-corrected chi connectivity index (χ4v) is 3.24. The van der Waals surface area contributed by atoms with Crippen molar-refractivity contribution >= 4 is 24.6 Å². The maximum absolute atomic E-state index is 12.1. The molecule has 0 aliphatic rings. The number of imidazole rings is 1. The Hall–Kier alpha value is -2.32. The fraction of sp³-hybridized carbons (Fsp3) is 0.312. The van der Waals surface area contributed by atoms with Crippen molar-refractivity contribution in [1.29, 1.82) is 0 Å². The molecule has 26 heavy (non-hydrogen) atoms. The van der Waals surface area contributed by atoms with Crippen molar-refractivity contribution in [2.24, 2.45) is 0 Å². The predicted octanol–water partition coefficient (Wildman–Crippen LogP) is 2.17. The van der Waals surface area contributed by atoms with E-state index in [1.54, 1.807) is 17.8 Å². The highest BCUT2D eigenvalue weighted by atomic mass is 31.2. The lowest BCUT2D eigenvalue weighted by molar-refractivity contribution is 0.0708. The number of hydrogen-bond donors (Lipinski definition) is 2. The SMILES string of the molecule is C[C@H](Cn1cnc2c(N)ncnc21)OCP(=O)(O)OCc1ccccc1. The van der Waals surface area contributed by atoms with Crippen LogP contribution in [-0.4, -0.2) is 36.9 Å². The molecule has 0 saturated carbocycles.